The Kier molecular flexibility index (Phi) is 13.9. The fourth-order valence-electron chi connectivity index (χ4n) is 3.44. The smallest absolute Gasteiger partial charge is 0.326 e. The van der Waals surface area contributed by atoms with Gasteiger partial charge in [-0.1, -0.05) is 44.2 Å². The van der Waals surface area contributed by atoms with Gasteiger partial charge in [0.25, 0.3) is 0 Å². The summed E-state index contributed by atoms with van der Waals surface area (Å²) in [5, 5.41) is 19.1. The number of carboxylic acids is 1. The van der Waals surface area contributed by atoms with Crippen molar-refractivity contribution in [2.45, 2.75) is 70.6 Å². The molecule has 0 aliphatic heterocycles. The van der Waals surface area contributed by atoms with E-state index in [-0.39, 0.29) is 12.3 Å². The van der Waals surface area contributed by atoms with Crippen LogP contribution in [0.4, 0.5) is 0 Å². The third-order valence-corrected chi connectivity index (χ3v) is 5.64. The van der Waals surface area contributed by atoms with E-state index < -0.39 is 60.3 Å². The van der Waals surface area contributed by atoms with Crippen LogP contribution in [0, 0.1) is 5.92 Å². The molecule has 9 N–H and O–H groups in total. The average Bonchev–Trinajstić information content (AvgIpc) is 2.85. The van der Waals surface area contributed by atoms with Gasteiger partial charge in [-0.15, -0.1) is 0 Å². The third kappa shape index (κ3) is 11.8. The normalized spacial score (nSPS) is 14.1. The Bertz CT molecular complexity index is 910. The number of aliphatic carboxylic acids is 1. The second-order valence-electron chi connectivity index (χ2n) is 9.22. The molecular weight excluding hydrogens is 480 g/mol. The van der Waals surface area contributed by atoms with Gasteiger partial charge in [0.15, 0.2) is 0 Å². The number of benzene rings is 1. The van der Waals surface area contributed by atoms with Gasteiger partial charge in [0.2, 0.25) is 23.6 Å². The number of nitrogens with one attached hydrogen (secondary N) is 4. The Balaban J connectivity index is 2.58. The number of carbonyl (C=O) groups excluding carboxylic acids is 4. The van der Waals surface area contributed by atoms with Crippen LogP contribution < -0.4 is 32.7 Å². The topological polar surface area (TPSA) is 206 Å². The zero-order valence-corrected chi connectivity index (χ0v) is 21.7. The zero-order valence-electron chi connectivity index (χ0n) is 21.7. The third-order valence-electron chi connectivity index (χ3n) is 5.64. The van der Waals surface area contributed by atoms with E-state index in [0.717, 1.165) is 5.56 Å². The Labute approximate surface area is 217 Å². The van der Waals surface area contributed by atoms with Crippen LogP contribution in [-0.4, -0.2) is 72.0 Å². The van der Waals surface area contributed by atoms with Gasteiger partial charge in [-0.05, 0) is 50.6 Å². The second kappa shape index (κ2) is 16.3. The fraction of sp³-hybridized carbons (Fsp3) is 0.560. The molecule has 1 aromatic carbocycles. The SMILES string of the molecule is CC(C)[C@H](NC(=O)[C@@H](N)Cc1ccccc1)C(=O)N[C@@H](C)C(=O)NCC(=O)N[C@@H](CCCCN)C(=O)O. The molecule has 0 aliphatic rings. The van der Waals surface area contributed by atoms with Crippen LogP contribution in [0.15, 0.2) is 30.3 Å². The molecule has 0 unspecified atom stereocenters. The van der Waals surface area contributed by atoms with E-state index in [2.05, 4.69) is 21.3 Å². The molecule has 0 spiro atoms. The first-order valence-corrected chi connectivity index (χ1v) is 12.4. The minimum absolute atomic E-state index is 0.218. The molecule has 0 saturated heterocycles. The van der Waals surface area contributed by atoms with Crippen molar-refractivity contribution in [3.63, 3.8) is 0 Å². The van der Waals surface area contributed by atoms with Gasteiger partial charge in [0, 0.05) is 0 Å². The van der Waals surface area contributed by atoms with Crippen molar-refractivity contribution in [1.82, 2.24) is 21.3 Å². The van der Waals surface area contributed by atoms with Crippen LogP contribution in [0.5, 0.6) is 0 Å². The van der Waals surface area contributed by atoms with Crippen molar-refractivity contribution in [1.29, 1.82) is 0 Å². The molecule has 37 heavy (non-hydrogen) atoms. The molecule has 4 amide bonds. The maximum atomic E-state index is 12.8. The molecule has 0 saturated carbocycles. The highest BCUT2D eigenvalue weighted by Gasteiger charge is 2.29. The number of carbonyl (C=O) groups is 5. The van der Waals surface area contributed by atoms with Crippen molar-refractivity contribution in [2.24, 2.45) is 17.4 Å². The van der Waals surface area contributed by atoms with E-state index in [0.29, 0.717) is 25.8 Å². The summed E-state index contributed by atoms with van der Waals surface area (Å²) in [6.07, 6.45) is 1.68. The summed E-state index contributed by atoms with van der Waals surface area (Å²) in [7, 11) is 0. The molecule has 0 bridgehead atoms. The summed E-state index contributed by atoms with van der Waals surface area (Å²) in [5.74, 6) is -3.86. The lowest BCUT2D eigenvalue weighted by atomic mass is 10.0. The summed E-state index contributed by atoms with van der Waals surface area (Å²) in [4.78, 5) is 61.2. The van der Waals surface area contributed by atoms with Gasteiger partial charge in [0.1, 0.15) is 18.1 Å². The predicted molar refractivity (Wildman–Crippen MR) is 138 cm³/mol. The molecule has 12 heteroatoms. The lowest BCUT2D eigenvalue weighted by molar-refractivity contribution is -0.142. The van der Waals surface area contributed by atoms with E-state index in [9.17, 15) is 29.1 Å². The van der Waals surface area contributed by atoms with Crippen LogP contribution >= 0.6 is 0 Å². The number of nitrogens with two attached hydrogens (primary N) is 2. The molecule has 0 heterocycles. The number of hydrogen-bond donors (Lipinski definition) is 7. The van der Waals surface area contributed by atoms with Gasteiger partial charge in [-0.2, -0.15) is 0 Å². The molecule has 1 rings (SSSR count). The van der Waals surface area contributed by atoms with Crippen LogP contribution in [-0.2, 0) is 30.4 Å². The molecule has 0 fully saturated rings. The lowest BCUT2D eigenvalue weighted by Gasteiger charge is -2.25. The molecular formula is C25H40N6O6. The van der Waals surface area contributed by atoms with Crippen LogP contribution in [0.1, 0.15) is 45.6 Å². The minimum atomic E-state index is -1.18. The van der Waals surface area contributed by atoms with E-state index in [4.69, 9.17) is 11.5 Å². The zero-order chi connectivity index (χ0) is 28.0. The predicted octanol–water partition coefficient (Wildman–Crippen LogP) is -0.983. The minimum Gasteiger partial charge on any atom is -0.480 e. The van der Waals surface area contributed by atoms with Crippen molar-refractivity contribution in [3.05, 3.63) is 35.9 Å². The number of amides is 4. The van der Waals surface area contributed by atoms with Crippen molar-refractivity contribution >= 4 is 29.6 Å². The Morgan fingerprint density at radius 3 is 2.11 bits per heavy atom. The summed E-state index contributed by atoms with van der Waals surface area (Å²) in [6, 6.07) is 5.35. The summed E-state index contributed by atoms with van der Waals surface area (Å²) < 4.78 is 0. The first-order valence-electron chi connectivity index (χ1n) is 12.4. The largest absolute Gasteiger partial charge is 0.480 e. The van der Waals surface area contributed by atoms with E-state index in [1.807, 2.05) is 30.3 Å². The Morgan fingerprint density at radius 1 is 0.892 bits per heavy atom. The van der Waals surface area contributed by atoms with Gasteiger partial charge >= 0.3 is 5.97 Å². The highest BCUT2D eigenvalue weighted by Crippen LogP contribution is 2.06. The number of unbranched alkanes of at least 4 members (excludes halogenated alkanes) is 1. The van der Waals surface area contributed by atoms with Crippen molar-refractivity contribution < 1.29 is 29.1 Å². The first kappa shape index (κ1) is 31.5. The van der Waals surface area contributed by atoms with E-state index in [1.54, 1.807) is 13.8 Å². The van der Waals surface area contributed by atoms with E-state index >= 15 is 0 Å². The Morgan fingerprint density at radius 2 is 1.54 bits per heavy atom. The van der Waals surface area contributed by atoms with E-state index in [1.165, 1.54) is 6.92 Å². The molecule has 206 valence electrons. The molecule has 4 atom stereocenters. The molecule has 0 radical (unpaired) electrons. The molecule has 0 aliphatic carbocycles. The maximum absolute atomic E-state index is 12.8. The highest BCUT2D eigenvalue weighted by atomic mass is 16.4. The first-order chi connectivity index (χ1) is 17.5. The highest BCUT2D eigenvalue weighted by molar-refractivity contribution is 5.94. The fourth-order valence-corrected chi connectivity index (χ4v) is 3.44. The van der Waals surface area contributed by atoms with Crippen molar-refractivity contribution in [2.75, 3.05) is 13.1 Å². The average molecular weight is 521 g/mol. The van der Waals surface area contributed by atoms with Gasteiger partial charge in [-0.25, -0.2) is 4.79 Å². The van der Waals surface area contributed by atoms with Crippen LogP contribution in [0.2, 0.25) is 0 Å². The van der Waals surface area contributed by atoms with Gasteiger partial charge < -0.3 is 37.8 Å². The summed E-state index contributed by atoms with van der Waals surface area (Å²) in [5.41, 5.74) is 12.3. The summed E-state index contributed by atoms with van der Waals surface area (Å²) >= 11 is 0. The van der Waals surface area contributed by atoms with Crippen LogP contribution in [0.25, 0.3) is 0 Å². The molecule has 1 aromatic rings. The second-order valence-corrected chi connectivity index (χ2v) is 9.22. The van der Waals surface area contributed by atoms with Gasteiger partial charge in [0.05, 0.1) is 12.6 Å². The Hall–Kier alpha value is -3.51. The number of rotatable bonds is 16. The lowest BCUT2D eigenvalue weighted by Crippen LogP contribution is -2.57. The monoisotopic (exact) mass is 520 g/mol. The summed E-state index contributed by atoms with van der Waals surface area (Å²) in [6.45, 7) is 4.88. The maximum Gasteiger partial charge on any atom is 0.326 e. The molecule has 12 nitrogen and oxygen atoms in total. The number of hydrogen-bond acceptors (Lipinski definition) is 7. The standard InChI is InChI=1S/C25H40N6O6/c1-15(2)21(31-23(34)18(27)13-17-9-5-4-6-10-17)24(35)29-16(3)22(33)28-14-20(32)30-19(25(36)37)11-7-8-12-26/h4-6,9-10,15-16,18-19,21H,7-8,11-14,26-27H2,1-3H3,(H,28,33)(H,29,35)(H,30,32)(H,31,34)(H,36,37)/t16-,18-,19-,21-/m0/s1. The van der Waals surface area contributed by atoms with Gasteiger partial charge in [-0.3, -0.25) is 19.2 Å². The van der Waals surface area contributed by atoms with Crippen molar-refractivity contribution in [3.8, 4) is 0 Å². The van der Waals surface area contributed by atoms with Crippen LogP contribution in [0.3, 0.4) is 0 Å². The number of carboxylic acid groups (broad SMARTS) is 1. The molecule has 0 aromatic heterocycles. The quantitative estimate of drug-likeness (QED) is 0.134.